The van der Waals surface area contributed by atoms with Crippen LogP contribution in [0.5, 0.6) is 0 Å². The summed E-state index contributed by atoms with van der Waals surface area (Å²) in [4.78, 5) is 22.1. The Labute approximate surface area is 103 Å². The molecular formula is C8H12N4O5S. The minimum atomic E-state index is -4.27. The molecule has 2 amide bonds. The molecule has 0 bridgehead atoms. The number of ether oxygens (including phenoxy) is 1. The Hall–Kier alpha value is -2.10. The summed E-state index contributed by atoms with van der Waals surface area (Å²) in [6.45, 7) is 1.65. The number of hydrogen-bond acceptors (Lipinski definition) is 6. The van der Waals surface area contributed by atoms with Gasteiger partial charge < -0.3 is 10.5 Å². The van der Waals surface area contributed by atoms with E-state index in [1.807, 2.05) is 0 Å². The highest BCUT2D eigenvalue weighted by Crippen LogP contribution is 2.15. The van der Waals surface area contributed by atoms with Crippen molar-refractivity contribution in [1.82, 2.24) is 14.5 Å². The summed E-state index contributed by atoms with van der Waals surface area (Å²) < 4.78 is 30.7. The molecule has 0 aliphatic rings. The third-order valence-electron chi connectivity index (χ3n) is 1.87. The number of nitrogens with zero attached hydrogens (tertiary/aromatic N) is 2. The zero-order valence-corrected chi connectivity index (χ0v) is 10.5. The third kappa shape index (κ3) is 2.77. The molecule has 18 heavy (non-hydrogen) atoms. The van der Waals surface area contributed by atoms with E-state index in [1.54, 1.807) is 11.6 Å². The van der Waals surface area contributed by atoms with Crippen LogP contribution in [0.4, 0.5) is 4.79 Å². The van der Waals surface area contributed by atoms with Crippen molar-refractivity contribution in [2.24, 2.45) is 12.8 Å². The number of sulfonamides is 1. The molecule has 0 fully saturated rings. The van der Waals surface area contributed by atoms with Crippen LogP contribution in [0.3, 0.4) is 0 Å². The maximum Gasteiger partial charge on any atom is 0.342 e. The molecule has 0 aliphatic heterocycles. The minimum absolute atomic E-state index is 0.0798. The summed E-state index contributed by atoms with van der Waals surface area (Å²) in [7, 11) is -2.96. The Morgan fingerprint density at radius 2 is 2.17 bits per heavy atom. The summed E-state index contributed by atoms with van der Waals surface area (Å²) in [5, 5.41) is 3.15. The van der Waals surface area contributed by atoms with E-state index in [1.165, 1.54) is 7.05 Å². The predicted molar refractivity (Wildman–Crippen MR) is 59.1 cm³/mol. The number of primary amides is 1. The van der Waals surface area contributed by atoms with Crippen LogP contribution in [0.2, 0.25) is 0 Å². The second kappa shape index (κ2) is 5.04. The fraction of sp³-hybridized carbons (Fsp3) is 0.375. The molecule has 0 saturated heterocycles. The highest BCUT2D eigenvalue weighted by molar-refractivity contribution is 7.90. The van der Waals surface area contributed by atoms with Crippen LogP contribution in [0.1, 0.15) is 17.3 Å². The molecule has 1 heterocycles. The molecule has 1 aromatic heterocycles. The summed E-state index contributed by atoms with van der Waals surface area (Å²) in [6.07, 6.45) is 1.04. The highest BCUT2D eigenvalue weighted by atomic mass is 32.2. The minimum Gasteiger partial charge on any atom is -0.462 e. The Morgan fingerprint density at radius 1 is 1.56 bits per heavy atom. The topological polar surface area (TPSA) is 133 Å². The van der Waals surface area contributed by atoms with Crippen molar-refractivity contribution < 1.29 is 22.7 Å². The number of carbonyl (C=O) groups is 2. The Morgan fingerprint density at radius 3 is 2.67 bits per heavy atom. The van der Waals surface area contributed by atoms with Crippen LogP contribution >= 0.6 is 0 Å². The lowest BCUT2D eigenvalue weighted by Crippen LogP contribution is -2.36. The van der Waals surface area contributed by atoms with Crippen molar-refractivity contribution >= 4 is 22.0 Å². The van der Waals surface area contributed by atoms with Crippen LogP contribution in [0, 0.1) is 0 Å². The number of carbonyl (C=O) groups excluding carboxylic acids is 2. The number of amides is 2. The van der Waals surface area contributed by atoms with Crippen molar-refractivity contribution in [1.29, 1.82) is 0 Å². The summed E-state index contributed by atoms with van der Waals surface area (Å²) in [6, 6.07) is -1.26. The zero-order chi connectivity index (χ0) is 13.9. The standard InChI is InChI=1S/C8H12N4O5S/c1-3-17-7(13)5-4-10-12(2)6(5)18(15,16)11-8(9)14/h4H,3H2,1-2H3,(H3,9,11,14). The maximum atomic E-state index is 11.8. The van der Waals surface area contributed by atoms with Crippen molar-refractivity contribution in [2.45, 2.75) is 11.9 Å². The van der Waals surface area contributed by atoms with Gasteiger partial charge in [0, 0.05) is 7.05 Å². The van der Waals surface area contributed by atoms with Gasteiger partial charge in [0.1, 0.15) is 5.56 Å². The van der Waals surface area contributed by atoms with Gasteiger partial charge in [0.15, 0.2) is 5.03 Å². The van der Waals surface area contributed by atoms with E-state index in [-0.39, 0.29) is 12.2 Å². The van der Waals surface area contributed by atoms with Crippen LogP contribution in [0.15, 0.2) is 11.2 Å². The lowest BCUT2D eigenvalue weighted by Gasteiger charge is -2.07. The normalized spacial score (nSPS) is 11.0. The number of aromatic nitrogens is 2. The smallest absolute Gasteiger partial charge is 0.342 e. The lowest BCUT2D eigenvalue weighted by molar-refractivity contribution is 0.0521. The molecule has 0 aliphatic carbocycles. The molecule has 0 unspecified atom stereocenters. The van der Waals surface area contributed by atoms with E-state index in [9.17, 15) is 18.0 Å². The van der Waals surface area contributed by atoms with Gasteiger partial charge >= 0.3 is 12.0 Å². The summed E-state index contributed by atoms with van der Waals surface area (Å²) in [5.41, 5.74) is 4.47. The van der Waals surface area contributed by atoms with Crippen molar-refractivity contribution in [3.8, 4) is 0 Å². The van der Waals surface area contributed by atoms with Crippen molar-refractivity contribution in [3.05, 3.63) is 11.8 Å². The highest BCUT2D eigenvalue weighted by Gasteiger charge is 2.29. The zero-order valence-electron chi connectivity index (χ0n) is 9.71. The lowest BCUT2D eigenvalue weighted by atomic mass is 10.4. The third-order valence-corrected chi connectivity index (χ3v) is 3.33. The van der Waals surface area contributed by atoms with Crippen LogP contribution in [-0.2, 0) is 21.8 Å². The number of nitrogens with one attached hydrogen (secondary N) is 1. The predicted octanol–water partition coefficient (Wildman–Crippen LogP) is -1.05. The molecule has 0 aromatic carbocycles. The molecular weight excluding hydrogens is 264 g/mol. The second-order valence-corrected chi connectivity index (χ2v) is 4.77. The number of esters is 1. The number of rotatable bonds is 4. The summed E-state index contributed by atoms with van der Waals surface area (Å²) >= 11 is 0. The largest absolute Gasteiger partial charge is 0.462 e. The van der Waals surface area contributed by atoms with E-state index < -0.39 is 27.0 Å². The van der Waals surface area contributed by atoms with Crippen LogP contribution in [0.25, 0.3) is 0 Å². The van der Waals surface area contributed by atoms with E-state index >= 15 is 0 Å². The molecule has 0 radical (unpaired) electrons. The first-order chi connectivity index (χ1) is 8.29. The van der Waals surface area contributed by atoms with Gasteiger partial charge in [-0.15, -0.1) is 0 Å². The second-order valence-electron chi connectivity index (χ2n) is 3.18. The fourth-order valence-electron chi connectivity index (χ4n) is 1.27. The SMILES string of the molecule is CCOC(=O)c1cnn(C)c1S(=O)(=O)NC(N)=O. The van der Waals surface area contributed by atoms with E-state index in [4.69, 9.17) is 5.73 Å². The van der Waals surface area contributed by atoms with Gasteiger partial charge in [-0.1, -0.05) is 0 Å². The van der Waals surface area contributed by atoms with Crippen LogP contribution < -0.4 is 10.5 Å². The van der Waals surface area contributed by atoms with Gasteiger partial charge in [0.2, 0.25) is 0 Å². The van der Waals surface area contributed by atoms with Gasteiger partial charge in [-0.05, 0) is 6.92 Å². The molecule has 0 spiro atoms. The molecule has 100 valence electrons. The number of nitrogens with two attached hydrogens (primary N) is 1. The molecule has 1 rings (SSSR count). The maximum absolute atomic E-state index is 11.8. The van der Waals surface area contributed by atoms with Crippen LogP contribution in [-0.4, -0.2) is 36.8 Å². The molecule has 3 N–H and O–H groups in total. The van der Waals surface area contributed by atoms with Gasteiger partial charge in [0.25, 0.3) is 10.0 Å². The van der Waals surface area contributed by atoms with Gasteiger partial charge in [-0.2, -0.15) is 13.5 Å². The van der Waals surface area contributed by atoms with E-state index in [2.05, 4.69) is 9.84 Å². The summed E-state index contributed by atoms with van der Waals surface area (Å²) in [5.74, 6) is -0.851. The fourth-order valence-corrected chi connectivity index (χ4v) is 2.46. The first kappa shape index (κ1) is 14.0. The van der Waals surface area contributed by atoms with Gasteiger partial charge in [0.05, 0.1) is 12.8 Å². The first-order valence-corrected chi connectivity index (χ1v) is 6.29. The van der Waals surface area contributed by atoms with Crippen molar-refractivity contribution in [3.63, 3.8) is 0 Å². The van der Waals surface area contributed by atoms with E-state index in [0.717, 1.165) is 10.9 Å². The monoisotopic (exact) mass is 276 g/mol. The van der Waals surface area contributed by atoms with E-state index in [0.29, 0.717) is 0 Å². The van der Waals surface area contributed by atoms with Gasteiger partial charge in [-0.3, -0.25) is 4.68 Å². The molecule has 1 aromatic rings. The van der Waals surface area contributed by atoms with Gasteiger partial charge in [-0.25, -0.2) is 14.3 Å². The molecule has 0 saturated carbocycles. The average molecular weight is 276 g/mol. The molecule has 9 nitrogen and oxygen atoms in total. The number of aryl methyl sites for hydroxylation is 1. The molecule has 10 heteroatoms. The number of urea groups is 1. The number of hydrogen-bond donors (Lipinski definition) is 2. The Kier molecular flexibility index (Phi) is 3.91. The Balaban J connectivity index is 3.28. The average Bonchev–Trinajstić information content (AvgIpc) is 2.59. The Bertz CT molecular complexity index is 576. The van der Waals surface area contributed by atoms with Crippen molar-refractivity contribution in [2.75, 3.05) is 6.61 Å². The first-order valence-electron chi connectivity index (χ1n) is 4.81. The molecule has 0 atom stereocenters. The quantitative estimate of drug-likeness (QED) is 0.674.